The molecule has 4 heteroatoms. The van der Waals surface area contributed by atoms with E-state index >= 15 is 0 Å². The van der Waals surface area contributed by atoms with E-state index in [2.05, 4.69) is 0 Å². The molecular formula is C7H12N2O2. The average Bonchev–Trinajstić information content (AvgIpc) is 1.98. The highest BCUT2D eigenvalue weighted by Gasteiger charge is 2.13. The van der Waals surface area contributed by atoms with Crippen LogP contribution in [0, 0.1) is 11.3 Å². The zero-order valence-corrected chi connectivity index (χ0v) is 6.74. The van der Waals surface area contributed by atoms with E-state index in [0.717, 1.165) is 0 Å². The monoisotopic (exact) mass is 156 g/mol. The summed E-state index contributed by atoms with van der Waals surface area (Å²) in [6.45, 7) is 1.78. The van der Waals surface area contributed by atoms with Crippen molar-refractivity contribution >= 4 is 5.91 Å². The molecule has 0 saturated heterocycles. The Balaban J connectivity index is 3.75. The second kappa shape index (κ2) is 4.69. The first-order valence-corrected chi connectivity index (χ1v) is 3.39. The van der Waals surface area contributed by atoms with Gasteiger partial charge in [-0.3, -0.25) is 4.79 Å². The molecule has 0 aromatic heterocycles. The van der Waals surface area contributed by atoms with Gasteiger partial charge in [-0.25, -0.2) is 0 Å². The molecule has 0 aromatic carbocycles. The van der Waals surface area contributed by atoms with Crippen LogP contribution >= 0.6 is 0 Å². The van der Waals surface area contributed by atoms with Crippen molar-refractivity contribution in [1.82, 2.24) is 4.90 Å². The van der Waals surface area contributed by atoms with E-state index < -0.39 is 6.10 Å². The summed E-state index contributed by atoms with van der Waals surface area (Å²) >= 11 is 0. The Morgan fingerprint density at radius 3 is 2.73 bits per heavy atom. The highest BCUT2D eigenvalue weighted by molar-refractivity contribution is 5.79. The molecule has 1 N–H and O–H groups in total. The van der Waals surface area contributed by atoms with Gasteiger partial charge in [0.1, 0.15) is 6.10 Å². The number of carbonyl (C=O) groups is 1. The third-order valence-electron chi connectivity index (χ3n) is 1.29. The van der Waals surface area contributed by atoms with Crippen molar-refractivity contribution < 1.29 is 9.90 Å². The normalized spacial score (nSPS) is 11.8. The number of hydrogen-bond donors (Lipinski definition) is 1. The van der Waals surface area contributed by atoms with Gasteiger partial charge >= 0.3 is 0 Å². The molecule has 11 heavy (non-hydrogen) atoms. The van der Waals surface area contributed by atoms with Crippen molar-refractivity contribution in [3.8, 4) is 6.07 Å². The molecule has 0 fully saturated rings. The summed E-state index contributed by atoms with van der Waals surface area (Å²) in [7, 11) is 1.56. The Labute approximate surface area is 66.0 Å². The van der Waals surface area contributed by atoms with Gasteiger partial charge in [0.2, 0.25) is 0 Å². The minimum absolute atomic E-state index is 0.301. The fourth-order valence-corrected chi connectivity index (χ4v) is 0.647. The molecular weight excluding hydrogens is 144 g/mol. The molecule has 0 bridgehead atoms. The summed E-state index contributed by atoms with van der Waals surface area (Å²) in [5.41, 5.74) is 0. The predicted octanol–water partition coefficient (Wildman–Crippen LogP) is -0.261. The second-order valence-corrected chi connectivity index (χ2v) is 2.34. The van der Waals surface area contributed by atoms with Gasteiger partial charge in [0.05, 0.1) is 12.5 Å². The van der Waals surface area contributed by atoms with Crippen molar-refractivity contribution in [2.24, 2.45) is 0 Å². The van der Waals surface area contributed by atoms with Crippen LogP contribution in [0.1, 0.15) is 13.3 Å². The lowest BCUT2D eigenvalue weighted by atomic mass is 10.3. The maximum absolute atomic E-state index is 10.9. The molecule has 0 rings (SSSR count). The van der Waals surface area contributed by atoms with Gasteiger partial charge in [-0.2, -0.15) is 5.26 Å². The summed E-state index contributed by atoms with van der Waals surface area (Å²) in [4.78, 5) is 12.3. The summed E-state index contributed by atoms with van der Waals surface area (Å²) in [6.07, 6.45) is -0.673. The topological polar surface area (TPSA) is 64.3 Å². The van der Waals surface area contributed by atoms with Gasteiger partial charge in [0, 0.05) is 13.6 Å². The second-order valence-electron chi connectivity index (χ2n) is 2.34. The van der Waals surface area contributed by atoms with Crippen LogP contribution in [-0.2, 0) is 4.79 Å². The molecule has 0 aliphatic rings. The molecule has 4 nitrogen and oxygen atoms in total. The Bertz CT molecular complexity index is 172. The smallest absolute Gasteiger partial charge is 0.250 e. The van der Waals surface area contributed by atoms with E-state index in [1.807, 2.05) is 6.07 Å². The third kappa shape index (κ3) is 3.58. The molecule has 0 aliphatic carbocycles. The van der Waals surface area contributed by atoms with E-state index in [9.17, 15) is 4.79 Å². The number of rotatable bonds is 3. The molecule has 62 valence electrons. The Morgan fingerprint density at radius 2 is 2.36 bits per heavy atom. The molecule has 1 amide bonds. The molecule has 1 unspecified atom stereocenters. The molecule has 0 spiro atoms. The predicted molar refractivity (Wildman–Crippen MR) is 39.5 cm³/mol. The minimum atomic E-state index is -0.973. The van der Waals surface area contributed by atoms with E-state index in [4.69, 9.17) is 10.4 Å². The zero-order chi connectivity index (χ0) is 8.85. The number of carbonyl (C=O) groups excluding carboxylic acids is 1. The number of likely N-dealkylation sites (N-methyl/N-ethyl adjacent to an activating group) is 1. The first kappa shape index (κ1) is 9.92. The lowest BCUT2D eigenvalue weighted by Gasteiger charge is -2.16. The number of nitriles is 1. The van der Waals surface area contributed by atoms with Crippen molar-refractivity contribution in [2.45, 2.75) is 19.4 Å². The first-order valence-electron chi connectivity index (χ1n) is 3.39. The number of aliphatic hydroxyl groups excluding tert-OH is 1. The van der Waals surface area contributed by atoms with Crippen molar-refractivity contribution in [3.05, 3.63) is 0 Å². The van der Waals surface area contributed by atoms with Crippen LogP contribution in [0.2, 0.25) is 0 Å². The lowest BCUT2D eigenvalue weighted by Crippen LogP contribution is -2.35. The quantitative estimate of drug-likeness (QED) is 0.612. The van der Waals surface area contributed by atoms with Crippen molar-refractivity contribution in [3.63, 3.8) is 0 Å². The summed E-state index contributed by atoms with van der Waals surface area (Å²) in [5.74, 6) is -0.347. The lowest BCUT2D eigenvalue weighted by molar-refractivity contribution is -0.137. The average molecular weight is 156 g/mol. The fourth-order valence-electron chi connectivity index (χ4n) is 0.647. The maximum atomic E-state index is 10.9. The highest BCUT2D eigenvalue weighted by Crippen LogP contribution is 1.92. The Morgan fingerprint density at radius 1 is 1.82 bits per heavy atom. The minimum Gasteiger partial charge on any atom is -0.384 e. The largest absolute Gasteiger partial charge is 0.384 e. The van der Waals surface area contributed by atoms with Gasteiger partial charge in [-0.15, -0.1) is 0 Å². The first-order chi connectivity index (χ1) is 5.09. The summed E-state index contributed by atoms with van der Waals surface area (Å²) < 4.78 is 0. The number of aliphatic hydroxyl groups is 1. The maximum Gasteiger partial charge on any atom is 0.250 e. The standard InChI is InChI=1S/C7H12N2O2/c1-6(10)7(11)9(2)5-3-4-8/h6,10H,3,5H2,1-2H3. The van der Waals surface area contributed by atoms with Crippen LogP contribution in [-0.4, -0.2) is 35.6 Å². The van der Waals surface area contributed by atoms with Crippen LogP contribution in [0.4, 0.5) is 0 Å². The van der Waals surface area contributed by atoms with Crippen LogP contribution < -0.4 is 0 Å². The number of nitrogens with zero attached hydrogens (tertiary/aromatic N) is 2. The van der Waals surface area contributed by atoms with Gasteiger partial charge in [-0.05, 0) is 6.92 Å². The van der Waals surface area contributed by atoms with Gasteiger partial charge in [-0.1, -0.05) is 0 Å². The van der Waals surface area contributed by atoms with E-state index in [0.29, 0.717) is 13.0 Å². The highest BCUT2D eigenvalue weighted by atomic mass is 16.3. The summed E-state index contributed by atoms with van der Waals surface area (Å²) in [5, 5.41) is 17.0. The molecule has 0 saturated carbocycles. The SMILES string of the molecule is CC(O)C(=O)N(C)CCC#N. The molecule has 0 radical (unpaired) electrons. The van der Waals surface area contributed by atoms with Gasteiger partial charge in [0.15, 0.2) is 0 Å². The van der Waals surface area contributed by atoms with E-state index in [-0.39, 0.29) is 5.91 Å². The van der Waals surface area contributed by atoms with Crippen molar-refractivity contribution in [1.29, 1.82) is 5.26 Å². The molecule has 0 aromatic rings. The summed E-state index contributed by atoms with van der Waals surface area (Å²) in [6, 6.07) is 1.92. The Hall–Kier alpha value is -1.08. The van der Waals surface area contributed by atoms with E-state index in [1.54, 1.807) is 7.05 Å². The number of hydrogen-bond acceptors (Lipinski definition) is 3. The molecule has 0 heterocycles. The van der Waals surface area contributed by atoms with Gasteiger partial charge in [0.25, 0.3) is 5.91 Å². The third-order valence-corrected chi connectivity index (χ3v) is 1.29. The number of amides is 1. The fraction of sp³-hybridized carbons (Fsp3) is 0.714. The Kier molecular flexibility index (Phi) is 4.23. The van der Waals surface area contributed by atoms with Crippen LogP contribution in [0.5, 0.6) is 0 Å². The van der Waals surface area contributed by atoms with Gasteiger partial charge < -0.3 is 10.0 Å². The van der Waals surface area contributed by atoms with E-state index in [1.165, 1.54) is 11.8 Å². The zero-order valence-electron chi connectivity index (χ0n) is 6.74. The molecule has 0 aliphatic heterocycles. The van der Waals surface area contributed by atoms with Crippen LogP contribution in [0.15, 0.2) is 0 Å². The van der Waals surface area contributed by atoms with Crippen LogP contribution in [0.25, 0.3) is 0 Å². The molecule has 1 atom stereocenters. The van der Waals surface area contributed by atoms with Crippen LogP contribution in [0.3, 0.4) is 0 Å². The van der Waals surface area contributed by atoms with Crippen molar-refractivity contribution in [2.75, 3.05) is 13.6 Å².